The highest BCUT2D eigenvalue weighted by atomic mass is 19.4. The van der Waals surface area contributed by atoms with E-state index in [2.05, 4.69) is 20.5 Å². The Balaban J connectivity index is 1.47. The summed E-state index contributed by atoms with van der Waals surface area (Å²) in [6.07, 6.45) is -2.79. The number of H-pyrrole nitrogens is 1. The first kappa shape index (κ1) is 17.1. The zero-order valence-electron chi connectivity index (χ0n) is 13.9. The van der Waals surface area contributed by atoms with Crippen molar-refractivity contribution in [2.24, 2.45) is 0 Å². The average Bonchev–Trinajstić information content (AvgIpc) is 3.24. The molecule has 1 aromatic carbocycles. The summed E-state index contributed by atoms with van der Waals surface area (Å²) in [5, 5.41) is 11.1. The minimum Gasteiger partial charge on any atom is -0.351 e. The van der Waals surface area contributed by atoms with E-state index >= 15 is 0 Å². The molecule has 0 aliphatic rings. The summed E-state index contributed by atoms with van der Waals surface area (Å²) in [5.41, 5.74) is 0.181. The maximum absolute atomic E-state index is 13.0. The van der Waals surface area contributed by atoms with Gasteiger partial charge in [-0.05, 0) is 24.3 Å². The molecule has 0 saturated heterocycles. The minimum absolute atomic E-state index is 0.214. The molecular weight excluding hydrogens is 359 g/mol. The van der Waals surface area contributed by atoms with E-state index in [0.29, 0.717) is 11.5 Å². The fourth-order valence-corrected chi connectivity index (χ4v) is 2.93. The number of para-hydroxylation sites is 1. The maximum Gasteiger partial charge on any atom is 0.420 e. The van der Waals surface area contributed by atoms with Crippen LogP contribution in [0.5, 0.6) is 0 Å². The normalized spacial score (nSPS) is 12.0. The highest BCUT2D eigenvalue weighted by Crippen LogP contribution is 2.31. The molecule has 0 radical (unpaired) electrons. The van der Waals surface area contributed by atoms with Crippen LogP contribution >= 0.6 is 0 Å². The number of hydrogen-bond donors (Lipinski definition) is 2. The predicted octanol–water partition coefficient (Wildman–Crippen LogP) is 3.20. The Morgan fingerprint density at radius 1 is 1.15 bits per heavy atom. The van der Waals surface area contributed by atoms with Crippen molar-refractivity contribution in [2.75, 3.05) is 6.54 Å². The number of aromatic amines is 1. The van der Waals surface area contributed by atoms with Gasteiger partial charge in [-0.3, -0.25) is 9.20 Å². The number of fused-ring (bicyclic) bond motifs is 2. The Hall–Kier alpha value is -3.36. The summed E-state index contributed by atoms with van der Waals surface area (Å²) >= 11 is 0. The fourth-order valence-electron chi connectivity index (χ4n) is 2.93. The predicted molar refractivity (Wildman–Crippen MR) is 92.3 cm³/mol. The number of nitrogens with one attached hydrogen (secondary N) is 2. The van der Waals surface area contributed by atoms with E-state index in [1.165, 1.54) is 16.7 Å². The molecule has 4 aromatic rings. The largest absolute Gasteiger partial charge is 0.420 e. The van der Waals surface area contributed by atoms with E-state index in [1.807, 2.05) is 24.3 Å². The van der Waals surface area contributed by atoms with Gasteiger partial charge in [0.15, 0.2) is 5.65 Å². The quantitative estimate of drug-likeness (QED) is 0.577. The van der Waals surface area contributed by atoms with Crippen molar-refractivity contribution in [1.82, 2.24) is 24.9 Å². The van der Waals surface area contributed by atoms with Gasteiger partial charge in [0.2, 0.25) is 0 Å². The van der Waals surface area contributed by atoms with Gasteiger partial charge in [-0.15, -0.1) is 10.2 Å². The van der Waals surface area contributed by atoms with Gasteiger partial charge in [-0.1, -0.05) is 18.2 Å². The van der Waals surface area contributed by atoms with Crippen molar-refractivity contribution < 1.29 is 18.0 Å². The van der Waals surface area contributed by atoms with Crippen LogP contribution in [0, 0.1) is 0 Å². The summed E-state index contributed by atoms with van der Waals surface area (Å²) in [6, 6.07) is 11.5. The topological polar surface area (TPSA) is 75.1 Å². The number of carbonyl (C=O) groups excluding carboxylic acids is 1. The first-order valence-electron chi connectivity index (χ1n) is 8.19. The van der Waals surface area contributed by atoms with E-state index in [9.17, 15) is 18.0 Å². The van der Waals surface area contributed by atoms with E-state index in [0.717, 1.165) is 17.0 Å². The molecule has 0 bridgehead atoms. The minimum atomic E-state index is -4.50. The lowest BCUT2D eigenvalue weighted by Gasteiger charge is -2.07. The molecule has 3 heterocycles. The highest BCUT2D eigenvalue weighted by Gasteiger charge is 2.34. The SMILES string of the molecule is O=C(NCCc1nnc2c(C(F)(F)F)cccn12)c1cc2ccccc2[nH]1. The fraction of sp³-hybridized carbons (Fsp3) is 0.167. The Bertz CT molecular complexity index is 1100. The van der Waals surface area contributed by atoms with Crippen LogP contribution in [0.1, 0.15) is 21.9 Å². The number of pyridine rings is 1. The Morgan fingerprint density at radius 3 is 2.74 bits per heavy atom. The smallest absolute Gasteiger partial charge is 0.351 e. The second kappa shape index (κ2) is 6.42. The van der Waals surface area contributed by atoms with Crippen LogP contribution < -0.4 is 5.32 Å². The van der Waals surface area contributed by atoms with Gasteiger partial charge in [-0.2, -0.15) is 13.2 Å². The van der Waals surface area contributed by atoms with E-state index in [1.54, 1.807) is 6.07 Å². The van der Waals surface area contributed by atoms with Gasteiger partial charge < -0.3 is 10.3 Å². The van der Waals surface area contributed by atoms with E-state index in [-0.39, 0.29) is 24.5 Å². The van der Waals surface area contributed by atoms with Gasteiger partial charge in [0.25, 0.3) is 5.91 Å². The maximum atomic E-state index is 13.0. The third kappa shape index (κ3) is 3.23. The molecule has 27 heavy (non-hydrogen) atoms. The number of nitrogens with zero attached hydrogens (tertiary/aromatic N) is 3. The molecular formula is C18H14F3N5O. The molecule has 4 rings (SSSR count). The van der Waals surface area contributed by atoms with Gasteiger partial charge in [0, 0.05) is 30.1 Å². The zero-order chi connectivity index (χ0) is 19.0. The molecule has 138 valence electrons. The summed E-state index contributed by atoms with van der Waals surface area (Å²) in [4.78, 5) is 15.3. The molecule has 9 heteroatoms. The molecule has 2 N–H and O–H groups in total. The lowest BCUT2D eigenvalue weighted by atomic mass is 10.2. The highest BCUT2D eigenvalue weighted by molar-refractivity contribution is 5.97. The third-order valence-corrected chi connectivity index (χ3v) is 4.22. The molecule has 0 spiro atoms. The third-order valence-electron chi connectivity index (χ3n) is 4.22. The molecule has 0 atom stereocenters. The van der Waals surface area contributed by atoms with Gasteiger partial charge in [0.05, 0.1) is 0 Å². The van der Waals surface area contributed by atoms with Crippen LogP contribution in [0.2, 0.25) is 0 Å². The summed E-state index contributed by atoms with van der Waals surface area (Å²) < 4.78 is 40.3. The molecule has 0 fully saturated rings. The molecule has 6 nitrogen and oxygen atoms in total. The Kier molecular flexibility index (Phi) is 4.06. The molecule has 0 aliphatic heterocycles. The zero-order valence-corrected chi connectivity index (χ0v) is 13.9. The second-order valence-electron chi connectivity index (χ2n) is 6.01. The average molecular weight is 373 g/mol. The number of hydrogen-bond acceptors (Lipinski definition) is 3. The van der Waals surface area contributed by atoms with Crippen LogP contribution in [0.4, 0.5) is 13.2 Å². The Morgan fingerprint density at radius 2 is 1.96 bits per heavy atom. The molecule has 3 aromatic heterocycles. The van der Waals surface area contributed by atoms with E-state index in [4.69, 9.17) is 0 Å². The van der Waals surface area contributed by atoms with Crippen molar-refractivity contribution in [3.05, 3.63) is 65.7 Å². The van der Waals surface area contributed by atoms with Gasteiger partial charge in [-0.25, -0.2) is 0 Å². The number of carbonyl (C=O) groups is 1. The molecule has 0 saturated carbocycles. The second-order valence-corrected chi connectivity index (χ2v) is 6.01. The van der Waals surface area contributed by atoms with Crippen molar-refractivity contribution in [3.63, 3.8) is 0 Å². The van der Waals surface area contributed by atoms with Crippen molar-refractivity contribution in [3.8, 4) is 0 Å². The van der Waals surface area contributed by atoms with Gasteiger partial charge in [0.1, 0.15) is 17.1 Å². The Labute approximate surface area is 151 Å². The number of halogens is 3. The van der Waals surface area contributed by atoms with Crippen LogP contribution in [-0.4, -0.2) is 32.0 Å². The number of aromatic nitrogens is 4. The first-order valence-corrected chi connectivity index (χ1v) is 8.19. The molecule has 1 amide bonds. The lowest BCUT2D eigenvalue weighted by molar-refractivity contribution is -0.136. The van der Waals surface area contributed by atoms with E-state index < -0.39 is 11.7 Å². The summed E-state index contributed by atoms with van der Waals surface area (Å²) in [7, 11) is 0. The van der Waals surface area contributed by atoms with Crippen molar-refractivity contribution >= 4 is 22.5 Å². The lowest BCUT2D eigenvalue weighted by Crippen LogP contribution is -2.26. The summed E-state index contributed by atoms with van der Waals surface area (Å²) in [6.45, 7) is 0.214. The summed E-state index contributed by atoms with van der Waals surface area (Å²) in [5.74, 6) is 0.0454. The van der Waals surface area contributed by atoms with Gasteiger partial charge >= 0.3 is 6.18 Å². The number of alkyl halides is 3. The number of benzene rings is 1. The number of rotatable bonds is 4. The molecule has 0 aliphatic carbocycles. The van der Waals surface area contributed by atoms with Crippen LogP contribution in [-0.2, 0) is 12.6 Å². The van der Waals surface area contributed by atoms with Crippen LogP contribution in [0.15, 0.2) is 48.7 Å². The van der Waals surface area contributed by atoms with Crippen LogP contribution in [0.3, 0.4) is 0 Å². The molecule has 0 unspecified atom stereocenters. The van der Waals surface area contributed by atoms with Crippen molar-refractivity contribution in [1.29, 1.82) is 0 Å². The van der Waals surface area contributed by atoms with Crippen molar-refractivity contribution in [2.45, 2.75) is 12.6 Å². The standard InChI is InChI=1S/C18H14F3N5O/c19-18(20,21)12-5-3-9-26-15(24-25-16(12)26)7-8-22-17(27)14-10-11-4-1-2-6-13(11)23-14/h1-6,9-10,23H,7-8H2,(H,22,27). The number of amides is 1. The monoisotopic (exact) mass is 373 g/mol. The van der Waals surface area contributed by atoms with Crippen LogP contribution in [0.25, 0.3) is 16.6 Å². The first-order chi connectivity index (χ1) is 12.9.